The van der Waals surface area contributed by atoms with Gasteiger partial charge in [-0.3, -0.25) is 0 Å². The number of rotatable bonds is 6. The molecule has 0 saturated carbocycles. The van der Waals surface area contributed by atoms with E-state index in [-0.39, 0.29) is 0 Å². The topological polar surface area (TPSA) is 17.0 Å². The van der Waals surface area contributed by atoms with Gasteiger partial charge in [-0.1, -0.05) is 18.2 Å². The van der Waals surface area contributed by atoms with Gasteiger partial charge in [0.1, 0.15) is 0 Å². The maximum Gasteiger partial charge on any atom is 0.0314 e. The lowest BCUT2D eigenvalue weighted by atomic mass is 10.2. The first kappa shape index (κ1) is 13.2. The lowest BCUT2D eigenvalue weighted by Crippen LogP contribution is -2.11. The molecule has 1 heterocycles. The number of benzene rings is 1. The fourth-order valence-corrected chi connectivity index (χ4v) is 2.69. The molecule has 96 valence electrons. The van der Waals surface area contributed by atoms with Crippen molar-refractivity contribution in [1.29, 1.82) is 0 Å². The lowest BCUT2D eigenvalue weighted by Gasteiger charge is -2.07. The molecule has 18 heavy (non-hydrogen) atoms. The Labute approximate surface area is 113 Å². The SMILES string of the molecule is CNC(C)c1ccn(CCSc2ccccc2)c1. The van der Waals surface area contributed by atoms with Crippen LogP contribution in [0.4, 0.5) is 0 Å². The second-order valence-corrected chi connectivity index (χ2v) is 5.52. The van der Waals surface area contributed by atoms with Crippen molar-refractivity contribution >= 4 is 11.8 Å². The van der Waals surface area contributed by atoms with Gasteiger partial charge in [-0.2, -0.15) is 0 Å². The van der Waals surface area contributed by atoms with Crippen molar-refractivity contribution in [2.75, 3.05) is 12.8 Å². The van der Waals surface area contributed by atoms with Crippen molar-refractivity contribution in [2.24, 2.45) is 0 Å². The lowest BCUT2D eigenvalue weighted by molar-refractivity contribution is 0.648. The zero-order chi connectivity index (χ0) is 12.8. The van der Waals surface area contributed by atoms with Crippen LogP contribution in [0.25, 0.3) is 0 Å². The van der Waals surface area contributed by atoms with Crippen LogP contribution in [0.5, 0.6) is 0 Å². The van der Waals surface area contributed by atoms with Crippen molar-refractivity contribution in [3.05, 3.63) is 54.4 Å². The number of hydrogen-bond donors (Lipinski definition) is 1. The average Bonchev–Trinajstić information content (AvgIpc) is 2.88. The van der Waals surface area contributed by atoms with Gasteiger partial charge in [0, 0.05) is 35.6 Å². The molecule has 3 heteroatoms. The summed E-state index contributed by atoms with van der Waals surface area (Å²) in [4.78, 5) is 1.34. The molecule has 0 spiro atoms. The number of nitrogens with one attached hydrogen (secondary N) is 1. The van der Waals surface area contributed by atoms with Crippen LogP contribution in [0.1, 0.15) is 18.5 Å². The van der Waals surface area contributed by atoms with Gasteiger partial charge in [-0.15, -0.1) is 11.8 Å². The number of aryl methyl sites for hydroxylation is 1. The number of hydrogen-bond acceptors (Lipinski definition) is 2. The van der Waals surface area contributed by atoms with Crippen LogP contribution in [0.3, 0.4) is 0 Å². The predicted molar refractivity (Wildman–Crippen MR) is 79.1 cm³/mol. The first-order valence-electron chi connectivity index (χ1n) is 6.30. The maximum atomic E-state index is 3.26. The van der Waals surface area contributed by atoms with Gasteiger partial charge in [0.15, 0.2) is 0 Å². The van der Waals surface area contributed by atoms with E-state index < -0.39 is 0 Å². The third-order valence-electron chi connectivity index (χ3n) is 3.07. The molecule has 2 aromatic rings. The summed E-state index contributed by atoms with van der Waals surface area (Å²) >= 11 is 1.90. The summed E-state index contributed by atoms with van der Waals surface area (Å²) in [6, 6.07) is 13.2. The van der Waals surface area contributed by atoms with Gasteiger partial charge in [-0.05, 0) is 37.7 Å². The largest absolute Gasteiger partial charge is 0.353 e. The van der Waals surface area contributed by atoms with E-state index in [9.17, 15) is 0 Å². The van der Waals surface area contributed by atoms with Gasteiger partial charge < -0.3 is 9.88 Å². The minimum absolute atomic E-state index is 0.424. The van der Waals surface area contributed by atoms with Gasteiger partial charge >= 0.3 is 0 Å². The maximum absolute atomic E-state index is 3.26. The first-order chi connectivity index (χ1) is 8.79. The van der Waals surface area contributed by atoms with Crippen LogP contribution >= 0.6 is 11.8 Å². The zero-order valence-corrected chi connectivity index (χ0v) is 11.8. The number of aromatic nitrogens is 1. The average molecular weight is 260 g/mol. The Morgan fingerprint density at radius 2 is 2.00 bits per heavy atom. The fraction of sp³-hybridized carbons (Fsp3) is 0.333. The van der Waals surface area contributed by atoms with E-state index in [0.717, 1.165) is 12.3 Å². The molecule has 0 radical (unpaired) electrons. The second-order valence-electron chi connectivity index (χ2n) is 4.35. The van der Waals surface area contributed by atoms with E-state index in [0.29, 0.717) is 6.04 Å². The van der Waals surface area contributed by atoms with Crippen LogP contribution < -0.4 is 5.32 Å². The highest BCUT2D eigenvalue weighted by Gasteiger charge is 2.03. The van der Waals surface area contributed by atoms with E-state index in [4.69, 9.17) is 0 Å². The smallest absolute Gasteiger partial charge is 0.0314 e. The third-order valence-corrected chi connectivity index (χ3v) is 4.06. The van der Waals surface area contributed by atoms with Crippen molar-refractivity contribution in [3.8, 4) is 0 Å². The summed E-state index contributed by atoms with van der Waals surface area (Å²) in [5.41, 5.74) is 1.35. The van der Waals surface area contributed by atoms with Crippen LogP contribution in [-0.4, -0.2) is 17.4 Å². The Bertz CT molecular complexity index is 464. The first-order valence-corrected chi connectivity index (χ1v) is 7.29. The normalized spacial score (nSPS) is 12.6. The number of nitrogens with zero attached hydrogens (tertiary/aromatic N) is 1. The highest BCUT2D eigenvalue weighted by molar-refractivity contribution is 7.99. The Morgan fingerprint density at radius 3 is 2.72 bits per heavy atom. The van der Waals surface area contributed by atoms with Crippen molar-refractivity contribution in [2.45, 2.75) is 24.4 Å². The third kappa shape index (κ3) is 3.65. The molecule has 0 aliphatic rings. The second kappa shape index (κ2) is 6.66. The molecule has 1 aromatic carbocycles. The molecule has 1 atom stereocenters. The number of thioether (sulfide) groups is 1. The Kier molecular flexibility index (Phi) is 4.90. The molecular weight excluding hydrogens is 240 g/mol. The summed E-state index contributed by atoms with van der Waals surface area (Å²) < 4.78 is 2.26. The van der Waals surface area contributed by atoms with Crippen LogP contribution in [0, 0.1) is 0 Å². The quantitative estimate of drug-likeness (QED) is 0.800. The molecule has 0 saturated heterocycles. The minimum atomic E-state index is 0.424. The van der Waals surface area contributed by atoms with Gasteiger partial charge in [0.2, 0.25) is 0 Å². The molecule has 0 fully saturated rings. The summed E-state index contributed by atoms with van der Waals surface area (Å²) in [5, 5.41) is 3.26. The molecule has 2 nitrogen and oxygen atoms in total. The highest BCUT2D eigenvalue weighted by Crippen LogP contribution is 2.18. The predicted octanol–water partition coefficient (Wildman–Crippen LogP) is 3.56. The van der Waals surface area contributed by atoms with Crippen LogP contribution in [0.15, 0.2) is 53.7 Å². The molecule has 0 bridgehead atoms. The van der Waals surface area contributed by atoms with Gasteiger partial charge in [0.25, 0.3) is 0 Å². The van der Waals surface area contributed by atoms with Gasteiger partial charge in [0.05, 0.1) is 0 Å². The van der Waals surface area contributed by atoms with Crippen molar-refractivity contribution in [3.63, 3.8) is 0 Å². The highest BCUT2D eigenvalue weighted by atomic mass is 32.2. The molecule has 0 amide bonds. The van der Waals surface area contributed by atoms with Crippen molar-refractivity contribution in [1.82, 2.24) is 9.88 Å². The zero-order valence-electron chi connectivity index (χ0n) is 11.0. The molecule has 2 rings (SSSR count). The van der Waals surface area contributed by atoms with E-state index >= 15 is 0 Å². The molecule has 1 unspecified atom stereocenters. The Morgan fingerprint density at radius 1 is 1.22 bits per heavy atom. The Hall–Kier alpha value is -1.19. The summed E-state index contributed by atoms with van der Waals surface area (Å²) in [7, 11) is 1.99. The molecule has 1 aromatic heterocycles. The Balaban J connectivity index is 1.82. The van der Waals surface area contributed by atoms with Crippen molar-refractivity contribution < 1.29 is 0 Å². The minimum Gasteiger partial charge on any atom is -0.353 e. The van der Waals surface area contributed by atoms with E-state index in [1.807, 2.05) is 18.8 Å². The summed E-state index contributed by atoms with van der Waals surface area (Å²) in [6.07, 6.45) is 4.39. The van der Waals surface area contributed by atoms with Crippen LogP contribution in [-0.2, 0) is 6.54 Å². The molecule has 1 N–H and O–H groups in total. The summed E-state index contributed by atoms with van der Waals surface area (Å²) in [5.74, 6) is 1.10. The molecule has 0 aliphatic carbocycles. The molecule has 0 aliphatic heterocycles. The fourth-order valence-electron chi connectivity index (χ4n) is 1.81. The monoisotopic (exact) mass is 260 g/mol. The molecular formula is C15H20N2S. The van der Waals surface area contributed by atoms with Gasteiger partial charge in [-0.25, -0.2) is 0 Å². The van der Waals surface area contributed by atoms with E-state index in [1.165, 1.54) is 10.5 Å². The van der Waals surface area contributed by atoms with Crippen LogP contribution in [0.2, 0.25) is 0 Å². The van der Waals surface area contributed by atoms with E-state index in [2.05, 4.69) is 65.6 Å². The van der Waals surface area contributed by atoms with E-state index in [1.54, 1.807) is 0 Å². The standard InChI is InChI=1S/C15H20N2S/c1-13(16-2)14-8-9-17(12-14)10-11-18-15-6-4-3-5-7-15/h3-9,12-13,16H,10-11H2,1-2H3. The summed E-state index contributed by atoms with van der Waals surface area (Å²) in [6.45, 7) is 3.23.